The molecule has 152 valence electrons. The molecule has 3 N–H and O–H groups in total. The van der Waals surface area contributed by atoms with E-state index in [1.54, 1.807) is 11.3 Å². The number of aliphatic hydroxyl groups excluding tert-OH is 1. The zero-order valence-corrected chi connectivity index (χ0v) is 17.5. The molecule has 1 atom stereocenters. The van der Waals surface area contributed by atoms with Gasteiger partial charge >= 0.3 is 0 Å². The molecule has 1 unspecified atom stereocenters. The van der Waals surface area contributed by atoms with Gasteiger partial charge in [-0.3, -0.25) is 4.90 Å². The van der Waals surface area contributed by atoms with Gasteiger partial charge in [0.05, 0.1) is 6.10 Å². The minimum absolute atomic E-state index is 0.382. The number of nitrogens with two attached hydrogens (primary N) is 1. The van der Waals surface area contributed by atoms with Crippen molar-refractivity contribution in [2.45, 2.75) is 12.5 Å². The highest BCUT2D eigenvalue weighted by molar-refractivity contribution is 7.17. The number of rotatable bonds is 7. The maximum Gasteiger partial charge on any atom is 0.0816 e. The van der Waals surface area contributed by atoms with Crippen molar-refractivity contribution in [1.29, 1.82) is 0 Å². The molecule has 0 radical (unpaired) electrons. The summed E-state index contributed by atoms with van der Waals surface area (Å²) in [6.45, 7) is 6.19. The van der Waals surface area contributed by atoms with Gasteiger partial charge in [-0.2, -0.15) is 0 Å². The van der Waals surface area contributed by atoms with Gasteiger partial charge in [0.2, 0.25) is 0 Å². The van der Waals surface area contributed by atoms with Gasteiger partial charge in [0.1, 0.15) is 0 Å². The Morgan fingerprint density at radius 2 is 1.72 bits per heavy atom. The van der Waals surface area contributed by atoms with Gasteiger partial charge in [-0.1, -0.05) is 42.5 Å². The average Bonchev–Trinajstić information content (AvgIpc) is 3.19. The fourth-order valence-electron chi connectivity index (χ4n) is 3.86. The maximum absolute atomic E-state index is 10.7. The number of hydrogen-bond donors (Lipinski definition) is 2. The Balaban J connectivity index is 1.20. The Morgan fingerprint density at radius 1 is 1.00 bits per heavy atom. The number of thiophene rings is 1. The molecule has 1 fully saturated rings. The van der Waals surface area contributed by atoms with Gasteiger partial charge in [0, 0.05) is 49.7 Å². The normalized spacial score (nSPS) is 17.3. The molecule has 0 aliphatic carbocycles. The molecule has 2 heterocycles. The van der Waals surface area contributed by atoms with Gasteiger partial charge in [-0.25, -0.2) is 0 Å². The van der Waals surface area contributed by atoms with Crippen molar-refractivity contribution in [3.63, 3.8) is 0 Å². The molecule has 5 heteroatoms. The number of piperazine rings is 1. The third-order valence-corrected chi connectivity index (χ3v) is 6.65. The minimum Gasteiger partial charge on any atom is -0.399 e. The van der Waals surface area contributed by atoms with Gasteiger partial charge < -0.3 is 15.7 Å². The molecule has 4 nitrogen and oxygen atoms in total. The van der Waals surface area contributed by atoms with Crippen molar-refractivity contribution in [1.82, 2.24) is 9.80 Å². The van der Waals surface area contributed by atoms with E-state index in [1.807, 2.05) is 30.3 Å². The molecular formula is C24H29N3OS. The molecule has 0 saturated carbocycles. The van der Waals surface area contributed by atoms with Crippen molar-refractivity contribution in [3.05, 3.63) is 71.1 Å². The average molecular weight is 408 g/mol. The fourth-order valence-corrected chi connectivity index (χ4v) is 4.87. The number of anilines is 1. The van der Waals surface area contributed by atoms with Crippen LogP contribution in [0.4, 0.5) is 5.69 Å². The summed E-state index contributed by atoms with van der Waals surface area (Å²) < 4.78 is 1.25. The molecule has 3 aromatic rings. The topological polar surface area (TPSA) is 52.7 Å². The second kappa shape index (κ2) is 9.55. The molecule has 1 aromatic heterocycles. The van der Waals surface area contributed by atoms with Crippen LogP contribution in [0.5, 0.6) is 0 Å². The molecule has 29 heavy (non-hydrogen) atoms. The lowest BCUT2D eigenvalue weighted by atomic mass is 10.1. The van der Waals surface area contributed by atoms with E-state index >= 15 is 0 Å². The van der Waals surface area contributed by atoms with E-state index < -0.39 is 0 Å². The van der Waals surface area contributed by atoms with Gasteiger partial charge in [-0.15, -0.1) is 11.3 Å². The second-order valence-corrected chi connectivity index (χ2v) is 8.61. The molecule has 1 aliphatic heterocycles. The summed E-state index contributed by atoms with van der Waals surface area (Å²) in [5.41, 5.74) is 8.80. The van der Waals surface area contributed by atoms with Crippen LogP contribution in [0.1, 0.15) is 23.7 Å². The summed E-state index contributed by atoms with van der Waals surface area (Å²) in [5.74, 6) is 0. The first-order chi connectivity index (χ1) is 14.2. The third kappa shape index (κ3) is 5.25. The minimum atomic E-state index is -0.382. The van der Waals surface area contributed by atoms with Crippen LogP contribution in [-0.4, -0.2) is 54.2 Å². The smallest absolute Gasteiger partial charge is 0.0816 e. The number of fused-ring (bicyclic) bond motifs is 1. The summed E-state index contributed by atoms with van der Waals surface area (Å²) >= 11 is 1.72. The van der Waals surface area contributed by atoms with Crippen LogP contribution in [-0.2, 0) is 0 Å². The van der Waals surface area contributed by atoms with E-state index in [4.69, 9.17) is 5.73 Å². The molecular weight excluding hydrogens is 378 g/mol. The standard InChI is InChI=1S/C24H29N3OS/c25-20-9-7-19(8-10-20)4-3-12-26-14-16-27(17-15-26)13-11-23(28)22-18-29-24-6-2-1-5-21(22)24/h1-10,18,23,28H,11-17,25H2. The molecule has 0 bridgehead atoms. The first-order valence-electron chi connectivity index (χ1n) is 10.3. The predicted molar refractivity (Wildman–Crippen MR) is 124 cm³/mol. The second-order valence-electron chi connectivity index (χ2n) is 7.70. The predicted octanol–water partition coefficient (Wildman–Crippen LogP) is 4.24. The van der Waals surface area contributed by atoms with Crippen LogP contribution < -0.4 is 5.73 Å². The lowest BCUT2D eigenvalue weighted by molar-refractivity contribution is 0.108. The number of hydrogen-bond acceptors (Lipinski definition) is 5. The third-order valence-electron chi connectivity index (χ3n) is 5.66. The highest BCUT2D eigenvalue weighted by atomic mass is 32.1. The fraction of sp³-hybridized carbons (Fsp3) is 0.333. The Kier molecular flexibility index (Phi) is 6.62. The lowest BCUT2D eigenvalue weighted by Gasteiger charge is -2.34. The van der Waals surface area contributed by atoms with Crippen molar-refractivity contribution in [3.8, 4) is 0 Å². The zero-order chi connectivity index (χ0) is 20.1. The van der Waals surface area contributed by atoms with Crippen LogP contribution in [0.3, 0.4) is 0 Å². The van der Waals surface area contributed by atoms with E-state index in [-0.39, 0.29) is 6.10 Å². The highest BCUT2D eigenvalue weighted by Crippen LogP contribution is 2.31. The summed E-state index contributed by atoms with van der Waals surface area (Å²) in [4.78, 5) is 4.95. The van der Waals surface area contributed by atoms with Crippen molar-refractivity contribution in [2.75, 3.05) is 45.0 Å². The zero-order valence-electron chi connectivity index (χ0n) is 16.7. The molecule has 2 aromatic carbocycles. The van der Waals surface area contributed by atoms with Crippen LogP contribution in [0, 0.1) is 0 Å². The molecule has 1 aliphatic rings. The van der Waals surface area contributed by atoms with E-state index in [2.05, 4.69) is 45.5 Å². The van der Waals surface area contributed by atoms with Gasteiger partial charge in [0.15, 0.2) is 0 Å². The highest BCUT2D eigenvalue weighted by Gasteiger charge is 2.18. The van der Waals surface area contributed by atoms with Gasteiger partial charge in [-0.05, 0) is 46.5 Å². The monoisotopic (exact) mass is 407 g/mol. The van der Waals surface area contributed by atoms with E-state index in [1.165, 1.54) is 15.6 Å². The van der Waals surface area contributed by atoms with Crippen molar-refractivity contribution < 1.29 is 5.11 Å². The van der Waals surface area contributed by atoms with Gasteiger partial charge in [0.25, 0.3) is 0 Å². The summed E-state index contributed by atoms with van der Waals surface area (Å²) in [6, 6.07) is 16.3. The molecule has 4 rings (SSSR count). The quantitative estimate of drug-likeness (QED) is 0.575. The van der Waals surface area contributed by atoms with Crippen LogP contribution in [0.15, 0.2) is 60.0 Å². The first-order valence-corrected chi connectivity index (χ1v) is 11.2. The molecule has 1 saturated heterocycles. The largest absolute Gasteiger partial charge is 0.399 e. The van der Waals surface area contributed by atoms with Crippen LogP contribution >= 0.6 is 11.3 Å². The Hall–Kier alpha value is -2.18. The Labute approximate surface area is 176 Å². The molecule has 0 amide bonds. The van der Waals surface area contributed by atoms with Crippen molar-refractivity contribution >= 4 is 33.2 Å². The molecule has 0 spiro atoms. The first kappa shape index (κ1) is 20.1. The van der Waals surface area contributed by atoms with Crippen LogP contribution in [0.2, 0.25) is 0 Å². The SMILES string of the molecule is Nc1ccc(C=CCN2CCN(CCC(O)c3csc4ccccc34)CC2)cc1. The summed E-state index contributed by atoms with van der Waals surface area (Å²) in [6.07, 6.45) is 4.80. The number of nitrogens with zero attached hydrogens (tertiary/aromatic N) is 2. The lowest BCUT2D eigenvalue weighted by Crippen LogP contribution is -2.46. The maximum atomic E-state index is 10.7. The number of aliphatic hydroxyl groups is 1. The van der Waals surface area contributed by atoms with E-state index in [0.29, 0.717) is 0 Å². The number of benzene rings is 2. The van der Waals surface area contributed by atoms with Crippen LogP contribution in [0.25, 0.3) is 16.2 Å². The van der Waals surface area contributed by atoms with E-state index in [0.717, 1.165) is 56.9 Å². The Bertz CT molecular complexity index is 942. The van der Waals surface area contributed by atoms with Crippen molar-refractivity contribution in [2.24, 2.45) is 0 Å². The number of nitrogen functional groups attached to an aromatic ring is 1. The summed E-state index contributed by atoms with van der Waals surface area (Å²) in [5, 5.41) is 14.0. The Morgan fingerprint density at radius 3 is 2.52 bits per heavy atom. The summed E-state index contributed by atoms with van der Waals surface area (Å²) in [7, 11) is 0. The van der Waals surface area contributed by atoms with E-state index in [9.17, 15) is 5.11 Å².